The van der Waals surface area contributed by atoms with Gasteiger partial charge >= 0.3 is 0 Å². The molecule has 0 radical (unpaired) electrons. The van der Waals surface area contributed by atoms with Crippen molar-refractivity contribution in [3.05, 3.63) is 45.5 Å². The van der Waals surface area contributed by atoms with Crippen LogP contribution in [-0.4, -0.2) is 14.8 Å². The van der Waals surface area contributed by atoms with Gasteiger partial charge in [0.25, 0.3) is 0 Å². The van der Waals surface area contributed by atoms with Crippen molar-refractivity contribution < 1.29 is 0 Å². The van der Waals surface area contributed by atoms with Gasteiger partial charge < -0.3 is 5.73 Å². The summed E-state index contributed by atoms with van der Waals surface area (Å²) in [7, 11) is 0. The molecule has 0 saturated heterocycles. The normalized spacial score (nSPS) is 12.7. The molecule has 0 bridgehead atoms. The third-order valence-electron chi connectivity index (χ3n) is 3.40. The van der Waals surface area contributed by atoms with Crippen LogP contribution in [0.4, 0.5) is 0 Å². The molecule has 0 amide bonds. The molecule has 20 heavy (non-hydrogen) atoms. The fourth-order valence-electron chi connectivity index (χ4n) is 2.47. The average Bonchev–Trinajstić information content (AvgIpc) is 2.65. The van der Waals surface area contributed by atoms with Gasteiger partial charge in [0, 0.05) is 30.4 Å². The highest BCUT2D eigenvalue weighted by Crippen LogP contribution is 2.25. The smallest absolute Gasteiger partial charge is 0.0847 e. The SMILES string of the molecule is CCn1nc(C)c(Cl)c1CC(N)c1cc(C)nc(C)c1. The first kappa shape index (κ1) is 15.0. The minimum absolute atomic E-state index is 0.103. The predicted octanol–water partition coefficient (Wildman–Crippen LogP) is 3.12. The molecule has 2 rings (SSSR count). The molecule has 2 heterocycles. The molecule has 0 aliphatic heterocycles. The number of aryl methyl sites for hydroxylation is 4. The molecule has 5 heteroatoms. The molecule has 2 N–H and O–H groups in total. The first-order chi connectivity index (χ1) is 9.42. The molecule has 0 fully saturated rings. The van der Waals surface area contributed by atoms with E-state index in [2.05, 4.69) is 17.0 Å². The second-order valence-electron chi connectivity index (χ2n) is 5.16. The van der Waals surface area contributed by atoms with E-state index in [0.29, 0.717) is 6.42 Å². The second kappa shape index (κ2) is 5.94. The highest BCUT2D eigenvalue weighted by atomic mass is 35.5. The molecule has 2 aromatic heterocycles. The van der Waals surface area contributed by atoms with E-state index in [-0.39, 0.29) is 6.04 Å². The summed E-state index contributed by atoms with van der Waals surface area (Å²) in [6, 6.07) is 3.96. The Labute approximate surface area is 125 Å². The molecule has 0 spiro atoms. The number of hydrogen-bond donors (Lipinski definition) is 1. The summed E-state index contributed by atoms with van der Waals surface area (Å²) in [6.45, 7) is 8.74. The zero-order valence-electron chi connectivity index (χ0n) is 12.4. The van der Waals surface area contributed by atoms with Crippen molar-refractivity contribution in [3.8, 4) is 0 Å². The summed E-state index contributed by atoms with van der Waals surface area (Å²) >= 11 is 6.34. The Balaban J connectivity index is 2.29. The lowest BCUT2D eigenvalue weighted by molar-refractivity contribution is 0.587. The topological polar surface area (TPSA) is 56.7 Å². The van der Waals surface area contributed by atoms with Crippen molar-refractivity contribution in [2.45, 2.75) is 46.7 Å². The first-order valence-electron chi connectivity index (χ1n) is 6.85. The van der Waals surface area contributed by atoms with E-state index in [1.54, 1.807) is 0 Å². The van der Waals surface area contributed by atoms with E-state index in [1.165, 1.54) is 0 Å². The summed E-state index contributed by atoms with van der Waals surface area (Å²) in [6.07, 6.45) is 0.677. The maximum Gasteiger partial charge on any atom is 0.0847 e. The van der Waals surface area contributed by atoms with Crippen molar-refractivity contribution in [1.29, 1.82) is 0 Å². The van der Waals surface area contributed by atoms with Gasteiger partial charge in [0.1, 0.15) is 0 Å². The Bertz CT molecular complexity index is 598. The van der Waals surface area contributed by atoms with Gasteiger partial charge in [-0.25, -0.2) is 0 Å². The molecular formula is C15H21ClN4. The van der Waals surface area contributed by atoms with Gasteiger partial charge in [-0.3, -0.25) is 9.67 Å². The molecular weight excluding hydrogens is 272 g/mol. The largest absolute Gasteiger partial charge is 0.324 e. The van der Waals surface area contributed by atoms with E-state index in [4.69, 9.17) is 17.3 Å². The molecule has 1 atom stereocenters. The lowest BCUT2D eigenvalue weighted by Gasteiger charge is -2.14. The summed E-state index contributed by atoms with van der Waals surface area (Å²) in [5, 5.41) is 5.15. The van der Waals surface area contributed by atoms with Gasteiger partial charge in [0.2, 0.25) is 0 Å². The lowest BCUT2D eigenvalue weighted by Crippen LogP contribution is -2.17. The second-order valence-corrected chi connectivity index (χ2v) is 5.53. The van der Waals surface area contributed by atoms with Gasteiger partial charge in [0.05, 0.1) is 16.4 Å². The average molecular weight is 293 g/mol. The predicted molar refractivity (Wildman–Crippen MR) is 82.0 cm³/mol. The number of hydrogen-bond acceptors (Lipinski definition) is 3. The van der Waals surface area contributed by atoms with Gasteiger partial charge in [0.15, 0.2) is 0 Å². The van der Waals surface area contributed by atoms with Gasteiger partial charge in [-0.15, -0.1) is 0 Å². The van der Waals surface area contributed by atoms with Crippen LogP contribution < -0.4 is 5.73 Å². The minimum Gasteiger partial charge on any atom is -0.324 e. The number of nitrogens with zero attached hydrogens (tertiary/aromatic N) is 3. The lowest BCUT2D eigenvalue weighted by atomic mass is 10.0. The van der Waals surface area contributed by atoms with Crippen LogP contribution in [0.2, 0.25) is 5.02 Å². The van der Waals surface area contributed by atoms with Gasteiger partial charge in [-0.05, 0) is 45.4 Å². The van der Waals surface area contributed by atoms with Crippen LogP contribution in [0, 0.1) is 20.8 Å². The van der Waals surface area contributed by atoms with Crippen LogP contribution in [0.3, 0.4) is 0 Å². The molecule has 0 aliphatic carbocycles. The number of rotatable bonds is 4. The third-order valence-corrected chi connectivity index (χ3v) is 3.89. The van der Waals surface area contributed by atoms with Crippen molar-refractivity contribution >= 4 is 11.6 Å². The molecule has 0 aromatic carbocycles. The molecule has 108 valence electrons. The summed E-state index contributed by atoms with van der Waals surface area (Å²) in [5.41, 5.74) is 11.3. The maximum absolute atomic E-state index is 6.34. The zero-order chi connectivity index (χ0) is 14.9. The van der Waals surface area contributed by atoms with E-state index in [1.807, 2.05) is 37.6 Å². The zero-order valence-corrected chi connectivity index (χ0v) is 13.2. The standard InChI is InChI=1S/C15H21ClN4/c1-5-20-14(15(16)11(4)19-20)8-13(17)12-6-9(2)18-10(3)7-12/h6-7,13H,5,8,17H2,1-4H3. The highest BCUT2D eigenvalue weighted by molar-refractivity contribution is 6.31. The molecule has 0 saturated carbocycles. The Hall–Kier alpha value is -1.39. The van der Waals surface area contributed by atoms with E-state index < -0.39 is 0 Å². The van der Waals surface area contributed by atoms with Crippen molar-refractivity contribution in [1.82, 2.24) is 14.8 Å². The third kappa shape index (κ3) is 3.02. The monoisotopic (exact) mass is 292 g/mol. The van der Waals surface area contributed by atoms with Crippen molar-refractivity contribution in [2.75, 3.05) is 0 Å². The Morgan fingerprint density at radius 2 is 1.85 bits per heavy atom. The fraction of sp³-hybridized carbons (Fsp3) is 0.467. The molecule has 4 nitrogen and oxygen atoms in total. The van der Waals surface area contributed by atoms with Crippen LogP contribution in [0.25, 0.3) is 0 Å². The Morgan fingerprint density at radius 3 is 2.40 bits per heavy atom. The van der Waals surface area contributed by atoms with Crippen LogP contribution in [0.5, 0.6) is 0 Å². The summed E-state index contributed by atoms with van der Waals surface area (Å²) in [4.78, 5) is 4.38. The van der Waals surface area contributed by atoms with Crippen LogP contribution in [-0.2, 0) is 13.0 Å². The number of nitrogens with two attached hydrogens (primary N) is 1. The quantitative estimate of drug-likeness (QED) is 0.942. The minimum atomic E-state index is -0.103. The van der Waals surface area contributed by atoms with Gasteiger partial charge in [-0.2, -0.15) is 5.10 Å². The summed E-state index contributed by atoms with van der Waals surface area (Å²) < 4.78 is 1.93. The number of aromatic nitrogens is 3. The molecule has 1 unspecified atom stereocenters. The highest BCUT2D eigenvalue weighted by Gasteiger charge is 2.17. The Kier molecular flexibility index (Phi) is 4.45. The van der Waals surface area contributed by atoms with E-state index in [9.17, 15) is 0 Å². The van der Waals surface area contributed by atoms with Crippen LogP contribution in [0.15, 0.2) is 12.1 Å². The summed E-state index contributed by atoms with van der Waals surface area (Å²) in [5.74, 6) is 0. The molecule has 2 aromatic rings. The van der Waals surface area contributed by atoms with Crippen LogP contribution in [0.1, 0.15) is 41.3 Å². The van der Waals surface area contributed by atoms with Crippen molar-refractivity contribution in [3.63, 3.8) is 0 Å². The van der Waals surface area contributed by atoms with Crippen LogP contribution >= 0.6 is 11.6 Å². The van der Waals surface area contributed by atoms with Gasteiger partial charge in [-0.1, -0.05) is 11.6 Å². The molecule has 0 aliphatic rings. The van der Waals surface area contributed by atoms with Crippen molar-refractivity contribution in [2.24, 2.45) is 5.73 Å². The number of pyridine rings is 1. The first-order valence-corrected chi connectivity index (χ1v) is 7.22. The van der Waals surface area contributed by atoms with E-state index in [0.717, 1.165) is 39.9 Å². The Morgan fingerprint density at radius 1 is 1.25 bits per heavy atom. The maximum atomic E-state index is 6.34. The van der Waals surface area contributed by atoms with E-state index >= 15 is 0 Å². The fourth-order valence-corrected chi connectivity index (χ4v) is 2.68. The number of halogens is 1.